The molecule has 2 unspecified atom stereocenters. The molecule has 0 aliphatic carbocycles. The van der Waals surface area contributed by atoms with Gasteiger partial charge in [0.25, 0.3) is 0 Å². The van der Waals surface area contributed by atoms with E-state index in [1.54, 1.807) is 0 Å². The van der Waals surface area contributed by atoms with Crippen molar-refractivity contribution < 1.29 is 9.90 Å². The van der Waals surface area contributed by atoms with Crippen molar-refractivity contribution >= 4 is 5.91 Å². The quantitative estimate of drug-likeness (QED) is 0.848. The van der Waals surface area contributed by atoms with Crippen LogP contribution < -0.4 is 5.32 Å². The summed E-state index contributed by atoms with van der Waals surface area (Å²) in [6.45, 7) is 7.37. The lowest BCUT2D eigenvalue weighted by Crippen LogP contribution is -2.43. The summed E-state index contributed by atoms with van der Waals surface area (Å²) < 4.78 is 0. The van der Waals surface area contributed by atoms with Crippen molar-refractivity contribution in [1.82, 2.24) is 10.2 Å². The third-order valence-electron chi connectivity index (χ3n) is 4.43. The topological polar surface area (TPSA) is 52.6 Å². The van der Waals surface area contributed by atoms with E-state index >= 15 is 0 Å². The summed E-state index contributed by atoms with van der Waals surface area (Å²) in [6.07, 6.45) is 1.78. The lowest BCUT2D eigenvalue weighted by molar-refractivity contribution is -0.123. The summed E-state index contributed by atoms with van der Waals surface area (Å²) in [5.74, 6) is 0.451. The van der Waals surface area contributed by atoms with Gasteiger partial charge >= 0.3 is 0 Å². The highest BCUT2D eigenvalue weighted by molar-refractivity contribution is 5.76. The molecule has 4 heteroatoms. The van der Waals surface area contributed by atoms with Gasteiger partial charge in [0.2, 0.25) is 5.91 Å². The van der Waals surface area contributed by atoms with Crippen LogP contribution in [0.4, 0.5) is 0 Å². The van der Waals surface area contributed by atoms with Crippen LogP contribution in [0.15, 0.2) is 30.3 Å². The fraction of sp³-hybridized carbons (Fsp3) is 0.611. The van der Waals surface area contributed by atoms with E-state index in [9.17, 15) is 9.90 Å². The Bertz CT molecular complexity index is 461. The maximum atomic E-state index is 12.0. The smallest absolute Gasteiger partial charge is 0.222 e. The van der Waals surface area contributed by atoms with Crippen LogP contribution in [0, 0.1) is 5.92 Å². The van der Waals surface area contributed by atoms with E-state index in [0.717, 1.165) is 18.7 Å². The second-order valence-electron chi connectivity index (χ2n) is 6.53. The van der Waals surface area contributed by atoms with E-state index in [-0.39, 0.29) is 12.3 Å². The lowest BCUT2D eigenvalue weighted by Gasteiger charge is -2.35. The van der Waals surface area contributed by atoms with E-state index in [2.05, 4.69) is 24.1 Å². The molecule has 2 atom stereocenters. The minimum absolute atomic E-state index is 0.0713. The molecule has 22 heavy (non-hydrogen) atoms. The van der Waals surface area contributed by atoms with E-state index in [1.165, 1.54) is 12.8 Å². The van der Waals surface area contributed by atoms with Gasteiger partial charge in [-0.05, 0) is 44.7 Å². The number of benzene rings is 1. The zero-order valence-electron chi connectivity index (χ0n) is 13.7. The van der Waals surface area contributed by atoms with Gasteiger partial charge in [-0.25, -0.2) is 0 Å². The van der Waals surface area contributed by atoms with Gasteiger partial charge < -0.3 is 15.3 Å². The second-order valence-corrected chi connectivity index (χ2v) is 6.53. The highest BCUT2D eigenvalue weighted by Crippen LogP contribution is 2.18. The van der Waals surface area contributed by atoms with Gasteiger partial charge in [-0.3, -0.25) is 4.79 Å². The molecule has 0 bridgehead atoms. The maximum Gasteiger partial charge on any atom is 0.222 e. The summed E-state index contributed by atoms with van der Waals surface area (Å²) in [5.41, 5.74) is 0.793. The summed E-state index contributed by atoms with van der Waals surface area (Å²) in [6, 6.07) is 9.91. The first-order chi connectivity index (χ1) is 10.6. The first-order valence-electron chi connectivity index (χ1n) is 8.30. The Morgan fingerprint density at radius 2 is 2.09 bits per heavy atom. The number of hydrogen-bond donors (Lipinski definition) is 2. The summed E-state index contributed by atoms with van der Waals surface area (Å²) >= 11 is 0. The number of hydrogen-bond acceptors (Lipinski definition) is 3. The van der Waals surface area contributed by atoms with Crippen LogP contribution >= 0.6 is 0 Å². The zero-order valence-corrected chi connectivity index (χ0v) is 13.7. The normalized spacial score (nSPS) is 20.8. The largest absolute Gasteiger partial charge is 0.388 e. The van der Waals surface area contributed by atoms with E-state index < -0.39 is 6.10 Å². The summed E-state index contributed by atoms with van der Waals surface area (Å²) in [5, 5.41) is 13.1. The number of piperidine rings is 1. The third kappa shape index (κ3) is 5.11. The lowest BCUT2D eigenvalue weighted by atomic mass is 9.97. The van der Waals surface area contributed by atoms with Crippen LogP contribution in [-0.4, -0.2) is 41.6 Å². The van der Waals surface area contributed by atoms with Gasteiger partial charge in [0, 0.05) is 19.1 Å². The molecule has 1 saturated heterocycles. The Morgan fingerprint density at radius 1 is 1.36 bits per heavy atom. The van der Waals surface area contributed by atoms with Crippen molar-refractivity contribution in [3.8, 4) is 0 Å². The predicted molar refractivity (Wildman–Crippen MR) is 88.5 cm³/mol. The molecule has 2 rings (SSSR count). The number of nitrogens with zero attached hydrogens (tertiary/aromatic N) is 1. The molecule has 0 aromatic heterocycles. The zero-order chi connectivity index (χ0) is 15.9. The van der Waals surface area contributed by atoms with Crippen molar-refractivity contribution in [2.75, 3.05) is 19.6 Å². The summed E-state index contributed by atoms with van der Waals surface area (Å²) in [7, 11) is 0. The van der Waals surface area contributed by atoms with Crippen LogP contribution in [0.25, 0.3) is 0 Å². The van der Waals surface area contributed by atoms with Crippen molar-refractivity contribution in [1.29, 1.82) is 0 Å². The Hall–Kier alpha value is -1.39. The summed E-state index contributed by atoms with van der Waals surface area (Å²) in [4.78, 5) is 14.5. The molecule has 1 aliphatic rings. The van der Waals surface area contributed by atoms with Crippen molar-refractivity contribution in [3.05, 3.63) is 35.9 Å². The molecule has 1 aliphatic heterocycles. The second kappa shape index (κ2) is 8.30. The fourth-order valence-corrected chi connectivity index (χ4v) is 3.03. The molecule has 1 heterocycles. The van der Waals surface area contributed by atoms with Crippen molar-refractivity contribution in [2.24, 2.45) is 5.92 Å². The Labute approximate surface area is 133 Å². The molecule has 2 N–H and O–H groups in total. The molecule has 0 spiro atoms. The predicted octanol–water partition coefficient (Wildman–Crippen LogP) is 2.35. The fourth-order valence-electron chi connectivity index (χ4n) is 3.03. The van der Waals surface area contributed by atoms with Crippen LogP contribution in [-0.2, 0) is 4.79 Å². The number of amides is 1. The number of aliphatic hydroxyl groups is 1. The van der Waals surface area contributed by atoms with Gasteiger partial charge in [0.15, 0.2) is 0 Å². The van der Waals surface area contributed by atoms with Crippen LogP contribution in [0.5, 0.6) is 0 Å². The SMILES string of the molecule is CC(C)N1CCCC(CNC(=O)CC(O)c2ccccc2)C1. The molecule has 1 aromatic rings. The van der Waals surface area contributed by atoms with Crippen LogP contribution in [0.1, 0.15) is 44.8 Å². The van der Waals surface area contributed by atoms with Crippen LogP contribution in [0.3, 0.4) is 0 Å². The number of nitrogens with one attached hydrogen (secondary N) is 1. The van der Waals surface area contributed by atoms with Gasteiger partial charge in [-0.2, -0.15) is 0 Å². The molecule has 0 saturated carbocycles. The minimum atomic E-state index is -0.722. The van der Waals surface area contributed by atoms with Crippen molar-refractivity contribution in [3.63, 3.8) is 0 Å². The standard InChI is InChI=1S/C18H28N2O2/c1-14(2)20-10-6-7-15(13-20)12-19-18(22)11-17(21)16-8-4-3-5-9-16/h3-5,8-9,14-15,17,21H,6-7,10-13H2,1-2H3,(H,19,22). The molecule has 0 radical (unpaired) electrons. The number of rotatable bonds is 6. The molecular weight excluding hydrogens is 276 g/mol. The molecule has 122 valence electrons. The number of carbonyl (C=O) groups is 1. The average molecular weight is 304 g/mol. The Kier molecular flexibility index (Phi) is 6.40. The molecule has 1 aromatic carbocycles. The highest BCUT2D eigenvalue weighted by Gasteiger charge is 2.22. The monoisotopic (exact) mass is 304 g/mol. The van der Waals surface area contributed by atoms with Crippen LogP contribution in [0.2, 0.25) is 0 Å². The van der Waals surface area contributed by atoms with E-state index in [0.29, 0.717) is 18.5 Å². The van der Waals surface area contributed by atoms with Gasteiger partial charge in [-0.15, -0.1) is 0 Å². The van der Waals surface area contributed by atoms with Gasteiger partial charge in [-0.1, -0.05) is 30.3 Å². The van der Waals surface area contributed by atoms with Gasteiger partial charge in [0.1, 0.15) is 0 Å². The highest BCUT2D eigenvalue weighted by atomic mass is 16.3. The van der Waals surface area contributed by atoms with E-state index in [4.69, 9.17) is 0 Å². The number of carbonyl (C=O) groups excluding carboxylic acids is 1. The maximum absolute atomic E-state index is 12.0. The van der Waals surface area contributed by atoms with Gasteiger partial charge in [0.05, 0.1) is 12.5 Å². The minimum Gasteiger partial charge on any atom is -0.388 e. The Morgan fingerprint density at radius 3 is 2.77 bits per heavy atom. The third-order valence-corrected chi connectivity index (χ3v) is 4.43. The van der Waals surface area contributed by atoms with E-state index in [1.807, 2.05) is 30.3 Å². The number of aliphatic hydroxyl groups excluding tert-OH is 1. The molecule has 1 fully saturated rings. The Balaban J connectivity index is 1.73. The average Bonchev–Trinajstić information content (AvgIpc) is 2.54. The van der Waals surface area contributed by atoms with Crippen molar-refractivity contribution in [2.45, 2.75) is 45.3 Å². The molecular formula is C18H28N2O2. The molecule has 4 nitrogen and oxygen atoms in total. The number of likely N-dealkylation sites (tertiary alicyclic amines) is 1. The first-order valence-corrected chi connectivity index (χ1v) is 8.30. The molecule has 1 amide bonds. The first kappa shape index (κ1) is 17.0.